The van der Waals surface area contributed by atoms with Gasteiger partial charge < -0.3 is 15.3 Å². The summed E-state index contributed by atoms with van der Waals surface area (Å²) in [4.78, 5) is 37.5. The standard InChI is InChI=1S/C29H53NO6/c1-5-9-10-11-12-13-14-15-16-17-18-19-23-30(24(20-6-2)27(31)32,25(21-7-3)28(33)34)26(22-8-4)29(35)36/h17-18,24-26H,5-16,19-23H2,1-4H3,(H2-,31,32,33,34,35,36)/p+1/b18-17+. The van der Waals surface area contributed by atoms with Gasteiger partial charge in [0.05, 0.1) is 6.54 Å². The second-order valence-electron chi connectivity index (χ2n) is 10.2. The van der Waals surface area contributed by atoms with E-state index in [9.17, 15) is 29.7 Å². The first-order valence-corrected chi connectivity index (χ1v) is 14.4. The van der Waals surface area contributed by atoms with E-state index in [0.29, 0.717) is 25.7 Å². The molecule has 0 aromatic heterocycles. The Morgan fingerprint density at radius 1 is 0.556 bits per heavy atom. The summed E-state index contributed by atoms with van der Waals surface area (Å²) < 4.78 is -0.419. The summed E-state index contributed by atoms with van der Waals surface area (Å²) in [5, 5.41) is 30.6. The van der Waals surface area contributed by atoms with Gasteiger partial charge in [0.2, 0.25) is 0 Å². The van der Waals surface area contributed by atoms with E-state index >= 15 is 0 Å². The van der Waals surface area contributed by atoms with Gasteiger partial charge in [-0.15, -0.1) is 0 Å². The van der Waals surface area contributed by atoms with Gasteiger partial charge >= 0.3 is 17.9 Å². The second-order valence-corrected chi connectivity index (χ2v) is 10.2. The van der Waals surface area contributed by atoms with Gasteiger partial charge in [0.1, 0.15) is 0 Å². The highest BCUT2D eigenvalue weighted by molar-refractivity contribution is 5.78. The molecule has 0 aliphatic carbocycles. The van der Waals surface area contributed by atoms with Gasteiger partial charge in [-0.25, -0.2) is 14.4 Å². The summed E-state index contributed by atoms with van der Waals surface area (Å²) in [6, 6.07) is -3.22. The zero-order chi connectivity index (χ0) is 27.4. The van der Waals surface area contributed by atoms with Crippen LogP contribution in [-0.2, 0) is 14.4 Å². The molecule has 0 saturated heterocycles. The topological polar surface area (TPSA) is 112 Å². The highest BCUT2D eigenvalue weighted by Crippen LogP contribution is 2.34. The SMILES string of the molecule is CCCCCCCCCC/C=C/CC[N+](C(CCC)C(=O)O)(C(CCC)C(=O)O)C(CCC)C(=O)O. The van der Waals surface area contributed by atoms with Crippen LogP contribution < -0.4 is 0 Å². The van der Waals surface area contributed by atoms with Crippen molar-refractivity contribution >= 4 is 17.9 Å². The van der Waals surface area contributed by atoms with E-state index in [2.05, 4.69) is 13.0 Å². The fourth-order valence-electron chi connectivity index (χ4n) is 5.58. The number of carbonyl (C=O) groups is 3. The van der Waals surface area contributed by atoms with Crippen LogP contribution in [0.5, 0.6) is 0 Å². The molecule has 0 aliphatic heterocycles. The number of unbranched alkanes of at least 4 members (excludes halogenated alkanes) is 8. The highest BCUT2D eigenvalue weighted by atomic mass is 16.4. The molecule has 3 N–H and O–H groups in total. The average molecular weight is 513 g/mol. The lowest BCUT2D eigenvalue weighted by atomic mass is 9.91. The third kappa shape index (κ3) is 11.4. The van der Waals surface area contributed by atoms with Gasteiger partial charge in [0.15, 0.2) is 18.1 Å². The van der Waals surface area contributed by atoms with Crippen LogP contribution >= 0.6 is 0 Å². The van der Waals surface area contributed by atoms with Crippen LogP contribution in [0.3, 0.4) is 0 Å². The summed E-state index contributed by atoms with van der Waals surface area (Å²) >= 11 is 0. The van der Waals surface area contributed by atoms with Crippen molar-refractivity contribution in [2.24, 2.45) is 0 Å². The molecule has 36 heavy (non-hydrogen) atoms. The van der Waals surface area contributed by atoms with E-state index in [1.165, 1.54) is 44.9 Å². The van der Waals surface area contributed by atoms with Crippen molar-refractivity contribution in [1.29, 1.82) is 0 Å². The summed E-state index contributed by atoms with van der Waals surface area (Å²) in [5.41, 5.74) is 0. The molecular weight excluding hydrogens is 458 g/mol. The van der Waals surface area contributed by atoms with Gasteiger partial charge in [0, 0.05) is 25.7 Å². The summed E-state index contributed by atoms with van der Waals surface area (Å²) in [5.74, 6) is -3.32. The minimum Gasteiger partial charge on any atom is -0.477 e. The molecule has 0 spiro atoms. The Labute approximate surface area is 219 Å². The number of rotatable bonds is 24. The van der Waals surface area contributed by atoms with Crippen molar-refractivity contribution in [2.45, 2.75) is 149 Å². The molecule has 0 amide bonds. The van der Waals surface area contributed by atoms with Crippen molar-refractivity contribution in [3.05, 3.63) is 12.2 Å². The smallest absolute Gasteiger partial charge is 0.362 e. The van der Waals surface area contributed by atoms with Crippen LogP contribution in [0.25, 0.3) is 0 Å². The van der Waals surface area contributed by atoms with Crippen molar-refractivity contribution < 1.29 is 34.2 Å². The minimum absolute atomic E-state index is 0.193. The third-order valence-corrected chi connectivity index (χ3v) is 7.36. The van der Waals surface area contributed by atoms with Crippen LogP contribution in [0.4, 0.5) is 0 Å². The van der Waals surface area contributed by atoms with Crippen molar-refractivity contribution in [3.8, 4) is 0 Å². The third-order valence-electron chi connectivity index (χ3n) is 7.36. The molecule has 0 aromatic rings. The van der Waals surface area contributed by atoms with Crippen LogP contribution in [0, 0.1) is 0 Å². The number of carboxylic acids is 3. The van der Waals surface area contributed by atoms with E-state index in [-0.39, 0.29) is 25.8 Å². The van der Waals surface area contributed by atoms with Gasteiger partial charge in [-0.05, 0) is 32.1 Å². The average Bonchev–Trinajstić information content (AvgIpc) is 2.83. The lowest BCUT2D eigenvalue weighted by molar-refractivity contribution is -0.973. The number of nitrogens with zero attached hydrogens (tertiary/aromatic N) is 1. The summed E-state index contributed by atoms with van der Waals surface area (Å²) in [6.07, 6.45) is 17.8. The maximum absolute atomic E-state index is 12.5. The number of quaternary nitrogens is 1. The van der Waals surface area contributed by atoms with Crippen molar-refractivity contribution in [2.75, 3.05) is 6.54 Å². The van der Waals surface area contributed by atoms with Gasteiger partial charge in [-0.2, -0.15) is 0 Å². The Morgan fingerprint density at radius 2 is 0.917 bits per heavy atom. The maximum atomic E-state index is 12.5. The fourth-order valence-corrected chi connectivity index (χ4v) is 5.58. The van der Waals surface area contributed by atoms with Crippen LogP contribution in [-0.4, -0.2) is 62.4 Å². The molecule has 3 atom stereocenters. The van der Waals surface area contributed by atoms with Crippen LogP contribution in [0.1, 0.15) is 130 Å². The first kappa shape index (κ1) is 34.1. The van der Waals surface area contributed by atoms with Gasteiger partial charge in [-0.1, -0.05) is 84.8 Å². The number of carboxylic acid groups (broad SMARTS) is 3. The molecule has 0 aromatic carbocycles. The first-order valence-electron chi connectivity index (χ1n) is 14.4. The monoisotopic (exact) mass is 512 g/mol. The predicted octanol–water partition coefficient (Wildman–Crippen LogP) is 7.04. The van der Waals surface area contributed by atoms with E-state index in [1.807, 2.05) is 26.8 Å². The molecule has 0 radical (unpaired) electrons. The molecule has 7 heteroatoms. The zero-order valence-electron chi connectivity index (χ0n) is 23.4. The number of hydrogen-bond donors (Lipinski definition) is 3. The van der Waals surface area contributed by atoms with Crippen LogP contribution in [0.2, 0.25) is 0 Å². The summed E-state index contributed by atoms with van der Waals surface area (Å²) in [6.45, 7) is 8.00. The largest absolute Gasteiger partial charge is 0.477 e. The quantitative estimate of drug-likeness (QED) is 0.0726. The molecule has 0 fully saturated rings. The first-order chi connectivity index (χ1) is 17.2. The molecule has 0 bridgehead atoms. The fraction of sp³-hybridized carbons (Fsp3) is 0.828. The van der Waals surface area contributed by atoms with E-state index in [4.69, 9.17) is 0 Å². The lowest BCUT2D eigenvalue weighted by Crippen LogP contribution is -2.72. The van der Waals surface area contributed by atoms with Gasteiger partial charge in [-0.3, -0.25) is 4.48 Å². The molecule has 0 saturated carbocycles. The lowest BCUT2D eigenvalue weighted by Gasteiger charge is -2.50. The molecule has 7 nitrogen and oxygen atoms in total. The molecule has 0 aliphatic rings. The Bertz CT molecular complexity index is 588. The van der Waals surface area contributed by atoms with E-state index in [0.717, 1.165) is 12.8 Å². The number of hydrogen-bond acceptors (Lipinski definition) is 3. The zero-order valence-corrected chi connectivity index (χ0v) is 23.4. The minimum atomic E-state index is -1.11. The Morgan fingerprint density at radius 3 is 1.28 bits per heavy atom. The predicted molar refractivity (Wildman–Crippen MR) is 145 cm³/mol. The van der Waals surface area contributed by atoms with Crippen molar-refractivity contribution in [1.82, 2.24) is 0 Å². The Kier molecular flexibility index (Phi) is 19.1. The Hall–Kier alpha value is -1.89. The molecule has 0 heterocycles. The van der Waals surface area contributed by atoms with Crippen molar-refractivity contribution in [3.63, 3.8) is 0 Å². The highest BCUT2D eigenvalue weighted by Gasteiger charge is 2.56. The molecule has 0 rings (SSSR count). The van der Waals surface area contributed by atoms with E-state index < -0.39 is 40.5 Å². The van der Waals surface area contributed by atoms with E-state index in [1.54, 1.807) is 0 Å². The molecule has 3 unspecified atom stereocenters. The maximum Gasteiger partial charge on any atom is 0.362 e. The Balaban J connectivity index is 5.70. The van der Waals surface area contributed by atoms with Crippen LogP contribution in [0.15, 0.2) is 12.2 Å². The van der Waals surface area contributed by atoms with Gasteiger partial charge in [0.25, 0.3) is 0 Å². The molecule has 210 valence electrons. The normalized spacial score (nSPS) is 15.9. The number of aliphatic carboxylic acids is 3. The number of allylic oxidation sites excluding steroid dienone is 1. The summed E-state index contributed by atoms with van der Waals surface area (Å²) in [7, 11) is 0. The molecular formula is C29H54NO6+. The second kappa shape index (κ2) is 20.2.